The molecule has 1 aliphatic rings. The second kappa shape index (κ2) is 8.89. The SMILES string of the molecule is CC1CCCC(C)N1C(=O)c1cc(Cl)ccc1NC(=O)c1cn(-c2ccccc2)nn1. The quantitative estimate of drug-likeness (QED) is 0.648. The van der Waals surface area contributed by atoms with Crippen molar-refractivity contribution in [3.63, 3.8) is 0 Å². The number of nitrogens with one attached hydrogen (secondary N) is 1. The molecule has 1 saturated heterocycles. The van der Waals surface area contributed by atoms with Gasteiger partial charge in [0.25, 0.3) is 11.8 Å². The molecule has 3 aromatic rings. The first-order valence-electron chi connectivity index (χ1n) is 10.4. The van der Waals surface area contributed by atoms with E-state index in [1.807, 2.05) is 35.2 Å². The van der Waals surface area contributed by atoms with Crippen LogP contribution in [-0.2, 0) is 0 Å². The highest BCUT2D eigenvalue weighted by atomic mass is 35.5. The van der Waals surface area contributed by atoms with Gasteiger partial charge in [0.15, 0.2) is 5.69 Å². The summed E-state index contributed by atoms with van der Waals surface area (Å²) < 4.78 is 1.53. The van der Waals surface area contributed by atoms with Gasteiger partial charge in [0, 0.05) is 17.1 Å². The molecule has 31 heavy (non-hydrogen) atoms. The molecular formula is C23H24ClN5O2. The number of amides is 2. The van der Waals surface area contributed by atoms with Gasteiger partial charge in [0.2, 0.25) is 0 Å². The van der Waals surface area contributed by atoms with Crippen LogP contribution in [0.3, 0.4) is 0 Å². The van der Waals surface area contributed by atoms with Crippen LogP contribution in [0.5, 0.6) is 0 Å². The van der Waals surface area contributed by atoms with Crippen LogP contribution in [0.15, 0.2) is 54.7 Å². The number of carbonyl (C=O) groups is 2. The number of rotatable bonds is 4. The molecule has 2 unspecified atom stereocenters. The van der Waals surface area contributed by atoms with Crippen LogP contribution in [0, 0.1) is 0 Å². The topological polar surface area (TPSA) is 80.1 Å². The summed E-state index contributed by atoms with van der Waals surface area (Å²) >= 11 is 6.19. The summed E-state index contributed by atoms with van der Waals surface area (Å²) in [6.45, 7) is 4.11. The van der Waals surface area contributed by atoms with E-state index < -0.39 is 5.91 Å². The van der Waals surface area contributed by atoms with Crippen molar-refractivity contribution in [1.29, 1.82) is 0 Å². The third kappa shape index (κ3) is 4.46. The van der Waals surface area contributed by atoms with Crippen molar-refractivity contribution < 1.29 is 9.59 Å². The van der Waals surface area contributed by atoms with E-state index in [4.69, 9.17) is 11.6 Å². The predicted octanol–water partition coefficient (Wildman–Crippen LogP) is 4.58. The third-order valence-electron chi connectivity index (χ3n) is 5.64. The number of likely N-dealkylation sites (tertiary alicyclic amines) is 1. The maximum Gasteiger partial charge on any atom is 0.277 e. The average Bonchev–Trinajstić information content (AvgIpc) is 3.26. The van der Waals surface area contributed by atoms with Crippen LogP contribution in [0.2, 0.25) is 5.02 Å². The van der Waals surface area contributed by atoms with Crippen molar-refractivity contribution in [2.24, 2.45) is 0 Å². The van der Waals surface area contributed by atoms with E-state index in [0.29, 0.717) is 16.3 Å². The monoisotopic (exact) mass is 437 g/mol. The first-order chi connectivity index (χ1) is 14.9. The van der Waals surface area contributed by atoms with Crippen molar-refractivity contribution in [3.8, 4) is 5.69 Å². The van der Waals surface area contributed by atoms with Crippen molar-refractivity contribution in [2.75, 3.05) is 5.32 Å². The van der Waals surface area contributed by atoms with E-state index >= 15 is 0 Å². The van der Waals surface area contributed by atoms with E-state index in [9.17, 15) is 9.59 Å². The number of aromatic nitrogens is 3. The van der Waals surface area contributed by atoms with Gasteiger partial charge in [-0.05, 0) is 63.4 Å². The van der Waals surface area contributed by atoms with Crippen LogP contribution in [0.4, 0.5) is 5.69 Å². The predicted molar refractivity (Wildman–Crippen MR) is 120 cm³/mol. The lowest BCUT2D eigenvalue weighted by Gasteiger charge is -2.39. The van der Waals surface area contributed by atoms with Crippen molar-refractivity contribution >= 4 is 29.1 Å². The molecule has 0 spiro atoms. The molecule has 1 aliphatic heterocycles. The smallest absolute Gasteiger partial charge is 0.277 e. The molecule has 0 saturated carbocycles. The number of nitrogens with zero attached hydrogens (tertiary/aromatic N) is 4. The first kappa shape index (κ1) is 21.1. The minimum absolute atomic E-state index is 0.129. The van der Waals surface area contributed by atoms with E-state index in [0.717, 1.165) is 24.9 Å². The number of para-hydroxylation sites is 1. The zero-order valence-corrected chi connectivity index (χ0v) is 18.2. The molecule has 2 amide bonds. The molecule has 4 rings (SSSR count). The third-order valence-corrected chi connectivity index (χ3v) is 5.87. The fourth-order valence-electron chi connectivity index (χ4n) is 4.02. The van der Waals surface area contributed by atoms with Crippen LogP contribution >= 0.6 is 11.6 Å². The zero-order valence-electron chi connectivity index (χ0n) is 17.5. The fourth-order valence-corrected chi connectivity index (χ4v) is 4.20. The van der Waals surface area contributed by atoms with Gasteiger partial charge in [-0.15, -0.1) is 5.10 Å². The van der Waals surface area contributed by atoms with Gasteiger partial charge < -0.3 is 10.2 Å². The summed E-state index contributed by atoms with van der Waals surface area (Å²) in [4.78, 5) is 28.1. The Morgan fingerprint density at radius 1 is 1.06 bits per heavy atom. The molecule has 1 fully saturated rings. The van der Waals surface area contributed by atoms with E-state index in [1.165, 1.54) is 4.68 Å². The lowest BCUT2D eigenvalue weighted by Crippen LogP contribution is -2.47. The van der Waals surface area contributed by atoms with Crippen LogP contribution in [0.25, 0.3) is 5.69 Å². The van der Waals surface area contributed by atoms with Crippen molar-refractivity contribution in [3.05, 3.63) is 71.0 Å². The maximum atomic E-state index is 13.4. The lowest BCUT2D eigenvalue weighted by molar-refractivity contribution is 0.0512. The zero-order chi connectivity index (χ0) is 22.0. The molecule has 1 N–H and O–H groups in total. The fraction of sp³-hybridized carbons (Fsp3) is 0.304. The average molecular weight is 438 g/mol. The largest absolute Gasteiger partial charge is 0.333 e. The van der Waals surface area contributed by atoms with Crippen LogP contribution < -0.4 is 5.32 Å². The number of carbonyl (C=O) groups excluding carboxylic acids is 2. The number of anilines is 1. The normalized spacial score (nSPS) is 18.6. The molecule has 0 radical (unpaired) electrons. The van der Waals surface area contributed by atoms with E-state index in [1.54, 1.807) is 24.4 Å². The Hall–Kier alpha value is -3.19. The summed E-state index contributed by atoms with van der Waals surface area (Å²) in [6, 6.07) is 14.6. The summed E-state index contributed by atoms with van der Waals surface area (Å²) in [5, 5.41) is 11.2. The van der Waals surface area contributed by atoms with Gasteiger partial charge >= 0.3 is 0 Å². The number of piperidine rings is 1. The Morgan fingerprint density at radius 2 is 1.77 bits per heavy atom. The lowest BCUT2D eigenvalue weighted by atomic mass is 9.96. The highest BCUT2D eigenvalue weighted by Gasteiger charge is 2.31. The number of hydrogen-bond acceptors (Lipinski definition) is 4. The molecule has 8 heteroatoms. The molecular weight excluding hydrogens is 414 g/mol. The van der Waals surface area contributed by atoms with E-state index in [2.05, 4.69) is 29.5 Å². The van der Waals surface area contributed by atoms with Gasteiger partial charge in [-0.1, -0.05) is 35.0 Å². The van der Waals surface area contributed by atoms with Gasteiger partial charge in [0.05, 0.1) is 23.1 Å². The Labute approximate surface area is 186 Å². The summed E-state index contributed by atoms with van der Waals surface area (Å²) in [6.07, 6.45) is 4.57. The Bertz CT molecular complexity index is 1090. The van der Waals surface area contributed by atoms with Gasteiger partial charge in [-0.2, -0.15) is 0 Å². The molecule has 2 heterocycles. The summed E-state index contributed by atoms with van der Waals surface area (Å²) in [5.74, 6) is -0.580. The molecule has 160 valence electrons. The Kier molecular flexibility index (Phi) is 6.04. The van der Waals surface area contributed by atoms with Crippen LogP contribution in [0.1, 0.15) is 54.0 Å². The van der Waals surface area contributed by atoms with Gasteiger partial charge in [-0.3, -0.25) is 9.59 Å². The van der Waals surface area contributed by atoms with Crippen molar-refractivity contribution in [2.45, 2.75) is 45.2 Å². The van der Waals surface area contributed by atoms with Gasteiger partial charge in [-0.25, -0.2) is 4.68 Å². The summed E-state index contributed by atoms with van der Waals surface area (Å²) in [5.41, 5.74) is 1.72. The second-order valence-electron chi connectivity index (χ2n) is 7.87. The summed E-state index contributed by atoms with van der Waals surface area (Å²) in [7, 11) is 0. The van der Waals surface area contributed by atoms with Crippen LogP contribution in [-0.4, -0.2) is 43.8 Å². The number of hydrogen-bond donors (Lipinski definition) is 1. The first-order valence-corrected chi connectivity index (χ1v) is 10.7. The molecule has 2 aromatic carbocycles. The molecule has 1 aromatic heterocycles. The second-order valence-corrected chi connectivity index (χ2v) is 8.31. The maximum absolute atomic E-state index is 13.4. The van der Waals surface area contributed by atoms with E-state index in [-0.39, 0.29) is 23.7 Å². The number of benzene rings is 2. The minimum Gasteiger partial charge on any atom is -0.333 e. The molecule has 0 bridgehead atoms. The standard InChI is InChI=1S/C23H24ClN5O2/c1-15-7-6-8-16(2)29(15)23(31)19-13-17(24)11-12-20(19)25-22(30)21-14-28(27-26-21)18-9-4-3-5-10-18/h3-5,9-16H,6-8H2,1-2H3,(H,25,30). The number of halogens is 1. The van der Waals surface area contributed by atoms with Crippen molar-refractivity contribution in [1.82, 2.24) is 19.9 Å². The highest BCUT2D eigenvalue weighted by molar-refractivity contribution is 6.31. The minimum atomic E-state index is -0.446. The molecule has 7 nitrogen and oxygen atoms in total. The molecule has 2 atom stereocenters. The molecule has 0 aliphatic carbocycles. The Balaban J connectivity index is 1.59. The Morgan fingerprint density at radius 3 is 2.48 bits per heavy atom. The highest BCUT2D eigenvalue weighted by Crippen LogP contribution is 2.29. The van der Waals surface area contributed by atoms with Gasteiger partial charge in [0.1, 0.15) is 0 Å².